The second-order valence-electron chi connectivity index (χ2n) is 20.0. The van der Waals surface area contributed by atoms with Crippen molar-refractivity contribution in [1.82, 2.24) is 31.9 Å². The lowest BCUT2D eigenvalue weighted by Crippen LogP contribution is -2.69. The minimum Gasteiger partial charge on any atom is -0.481 e. The standard InChI is InChI=1S/C42H64N8O10/c43-7-3-1-5-27-35(57)49-41-17-23-9-24(18-41)14-39(13-23,21-41)38(60)48-30(12-32(53)54)34(56)46-28(6-2-4-8-44)36(58)50-42-19-25-10-26(20-42)16-40(15-25,22-42)37(59)47-29(11-31(51)52)33(55)45-27/h23-30H,1-22,43-44H2,(H,45,55)(H,46,56)(H,47,59)(H,48,60)(H,49,57)(H,50,58)(H,51,52)(H,53,54)/t23-,24?,25-,26?,27?,28?,29-,30-,39-,40-,41+,42+/m0/s1. The number of hydrogen-bond acceptors (Lipinski definition) is 10. The van der Waals surface area contributed by atoms with Crippen LogP contribution in [0, 0.1) is 34.5 Å². The maximum absolute atomic E-state index is 14.5. The summed E-state index contributed by atoms with van der Waals surface area (Å²) >= 11 is 0. The largest absolute Gasteiger partial charge is 0.481 e. The first-order chi connectivity index (χ1) is 28.5. The van der Waals surface area contributed by atoms with Gasteiger partial charge in [0.05, 0.1) is 23.7 Å². The van der Waals surface area contributed by atoms with Gasteiger partial charge >= 0.3 is 11.9 Å². The van der Waals surface area contributed by atoms with Crippen LogP contribution in [0.4, 0.5) is 0 Å². The summed E-state index contributed by atoms with van der Waals surface area (Å²) in [6, 6.07) is -5.15. The molecule has 9 aliphatic rings. The molecule has 12 N–H and O–H groups in total. The number of carboxylic acid groups (broad SMARTS) is 2. The van der Waals surface area contributed by atoms with E-state index < -0.39 is 106 Å². The molecule has 9 fully saturated rings. The molecule has 4 spiro atoms. The molecule has 0 aromatic rings. The molecule has 9 rings (SSSR count). The average molecular weight is 841 g/mol. The number of amides is 6. The maximum Gasteiger partial charge on any atom is 0.305 e. The molecule has 0 radical (unpaired) electrons. The average Bonchev–Trinajstić information content (AvgIpc) is 3.14. The minimum absolute atomic E-state index is 0.0642. The van der Waals surface area contributed by atoms with E-state index in [2.05, 4.69) is 31.9 Å². The van der Waals surface area contributed by atoms with Gasteiger partial charge in [0, 0.05) is 11.1 Å². The summed E-state index contributed by atoms with van der Waals surface area (Å²) in [5.74, 6) is -5.85. The van der Waals surface area contributed by atoms with Crippen molar-refractivity contribution in [2.75, 3.05) is 13.1 Å². The van der Waals surface area contributed by atoms with Gasteiger partial charge in [0.15, 0.2) is 0 Å². The second-order valence-corrected chi connectivity index (χ2v) is 20.0. The number of rotatable bonds is 12. The number of unbranched alkanes of at least 4 members (excludes halogenated alkanes) is 2. The van der Waals surface area contributed by atoms with Crippen LogP contribution >= 0.6 is 0 Å². The number of nitrogens with two attached hydrogens (primary N) is 2. The SMILES string of the molecule is NCCCCC1NC(=O)[C@H](CC(=O)O)NC(=O)[C@@]23CC4C[C@H](C[C@@](C4)(C2)NC(=O)C(CCCCN)NC(=O)[C@H](CC(=O)O)NC(=O)[C@@]24CC5C[C@H](C[C@@](C5)(C2)NC1=O)C4)C3. The fraction of sp³-hybridized carbons (Fsp3) is 0.810. The van der Waals surface area contributed by atoms with Gasteiger partial charge in [-0.05, 0) is 152 Å². The highest BCUT2D eigenvalue weighted by Gasteiger charge is 2.63. The van der Waals surface area contributed by atoms with Gasteiger partial charge in [-0.25, -0.2) is 0 Å². The highest BCUT2D eigenvalue weighted by Crippen LogP contribution is 2.63. The molecule has 1 aliphatic heterocycles. The van der Waals surface area contributed by atoms with E-state index in [0.717, 1.165) is 12.8 Å². The van der Waals surface area contributed by atoms with Crippen molar-refractivity contribution in [2.45, 2.75) is 164 Å². The predicted molar refractivity (Wildman–Crippen MR) is 214 cm³/mol. The number of nitrogens with one attached hydrogen (secondary N) is 6. The molecule has 4 unspecified atom stereocenters. The van der Waals surface area contributed by atoms with Crippen LogP contribution in [0.15, 0.2) is 0 Å². The predicted octanol–water partition coefficient (Wildman–Crippen LogP) is 0.0570. The Morgan fingerprint density at radius 3 is 1.17 bits per heavy atom. The highest BCUT2D eigenvalue weighted by atomic mass is 16.4. The van der Waals surface area contributed by atoms with E-state index >= 15 is 0 Å². The van der Waals surface area contributed by atoms with Crippen LogP contribution in [0.25, 0.3) is 0 Å². The van der Waals surface area contributed by atoms with E-state index in [-0.39, 0.29) is 49.4 Å². The smallest absolute Gasteiger partial charge is 0.305 e. The Labute approximate surface area is 350 Å². The maximum atomic E-state index is 14.5. The summed E-state index contributed by atoms with van der Waals surface area (Å²) in [4.78, 5) is 110. The van der Waals surface area contributed by atoms with Gasteiger partial charge in [-0.2, -0.15) is 0 Å². The van der Waals surface area contributed by atoms with E-state index in [9.17, 15) is 48.6 Å². The molecule has 12 atom stereocenters. The third-order valence-corrected chi connectivity index (χ3v) is 15.0. The first kappa shape index (κ1) is 43.8. The molecule has 1 saturated heterocycles. The van der Waals surface area contributed by atoms with Crippen LogP contribution in [-0.2, 0) is 38.4 Å². The molecular formula is C42H64N8O10. The Morgan fingerprint density at radius 2 is 0.850 bits per heavy atom. The van der Waals surface area contributed by atoms with E-state index in [4.69, 9.17) is 11.5 Å². The quantitative estimate of drug-likeness (QED) is 0.117. The Bertz CT molecular complexity index is 1600. The molecule has 6 amide bonds. The summed E-state index contributed by atoms with van der Waals surface area (Å²) in [5, 5.41) is 37.5. The third kappa shape index (κ3) is 9.14. The van der Waals surface area contributed by atoms with E-state index in [1.54, 1.807) is 0 Å². The van der Waals surface area contributed by atoms with Gasteiger partial charge in [-0.1, -0.05) is 0 Å². The van der Waals surface area contributed by atoms with Gasteiger partial charge in [0.2, 0.25) is 35.4 Å². The van der Waals surface area contributed by atoms with Crippen molar-refractivity contribution in [2.24, 2.45) is 46.0 Å². The van der Waals surface area contributed by atoms with Crippen molar-refractivity contribution in [3.63, 3.8) is 0 Å². The monoisotopic (exact) mass is 840 g/mol. The van der Waals surface area contributed by atoms with E-state index in [1.807, 2.05) is 0 Å². The normalized spacial score (nSPS) is 40.2. The lowest BCUT2D eigenvalue weighted by Gasteiger charge is -2.61. The van der Waals surface area contributed by atoms with Crippen LogP contribution in [0.3, 0.4) is 0 Å². The summed E-state index contributed by atoms with van der Waals surface area (Å²) in [5.41, 5.74) is 7.89. The Kier molecular flexibility index (Phi) is 12.6. The zero-order chi connectivity index (χ0) is 43.0. The van der Waals surface area contributed by atoms with Crippen LogP contribution in [0.5, 0.6) is 0 Å². The van der Waals surface area contributed by atoms with Crippen LogP contribution in [-0.4, -0.2) is 106 Å². The summed E-state index contributed by atoms with van der Waals surface area (Å²) in [7, 11) is 0. The Hall–Kier alpha value is -4.32. The van der Waals surface area contributed by atoms with Crippen molar-refractivity contribution >= 4 is 47.4 Å². The Morgan fingerprint density at radius 1 is 0.500 bits per heavy atom. The number of carboxylic acids is 2. The molecule has 60 heavy (non-hydrogen) atoms. The van der Waals surface area contributed by atoms with Crippen LogP contribution in [0.2, 0.25) is 0 Å². The van der Waals surface area contributed by atoms with Gasteiger partial charge in [-0.15, -0.1) is 0 Å². The van der Waals surface area contributed by atoms with E-state index in [0.29, 0.717) is 90.1 Å². The molecule has 18 nitrogen and oxygen atoms in total. The second kappa shape index (κ2) is 17.2. The van der Waals surface area contributed by atoms with Gasteiger partial charge in [0.1, 0.15) is 24.2 Å². The van der Waals surface area contributed by atoms with Crippen molar-refractivity contribution < 1.29 is 48.6 Å². The van der Waals surface area contributed by atoms with Crippen LogP contribution in [0.1, 0.15) is 128 Å². The number of hydrogen-bond donors (Lipinski definition) is 10. The molecular weight excluding hydrogens is 777 g/mol. The summed E-state index contributed by atoms with van der Waals surface area (Å²) in [6.07, 6.45) is 7.61. The Balaban J connectivity index is 1.25. The fourth-order valence-corrected chi connectivity index (χ4v) is 13.5. The van der Waals surface area contributed by atoms with E-state index in [1.165, 1.54) is 0 Å². The van der Waals surface area contributed by atoms with Crippen molar-refractivity contribution in [3.8, 4) is 0 Å². The first-order valence-corrected chi connectivity index (χ1v) is 22.2. The lowest BCUT2D eigenvalue weighted by atomic mass is 9.46. The fourth-order valence-electron chi connectivity index (χ4n) is 13.5. The molecule has 0 aromatic carbocycles. The topological polar surface area (TPSA) is 301 Å². The summed E-state index contributed by atoms with van der Waals surface area (Å²) < 4.78 is 0. The lowest BCUT2D eigenvalue weighted by molar-refractivity contribution is -0.157. The molecule has 8 bridgehead atoms. The molecule has 0 aromatic heterocycles. The molecule has 18 heteroatoms. The third-order valence-electron chi connectivity index (χ3n) is 15.0. The van der Waals surface area contributed by atoms with Crippen LogP contribution < -0.4 is 43.4 Å². The zero-order valence-corrected chi connectivity index (χ0v) is 34.5. The molecule has 8 saturated carbocycles. The van der Waals surface area contributed by atoms with Gasteiger partial charge < -0.3 is 53.6 Å². The molecule has 8 aliphatic carbocycles. The number of carbonyl (C=O) groups excluding carboxylic acids is 6. The zero-order valence-electron chi connectivity index (χ0n) is 34.5. The molecule has 1 heterocycles. The summed E-state index contributed by atoms with van der Waals surface area (Å²) in [6.45, 7) is 0.708. The molecule has 332 valence electrons. The number of carbonyl (C=O) groups is 8. The minimum atomic E-state index is -1.48. The highest BCUT2D eigenvalue weighted by molar-refractivity contribution is 5.97. The van der Waals surface area contributed by atoms with Gasteiger partial charge in [0.25, 0.3) is 0 Å². The van der Waals surface area contributed by atoms with Crippen molar-refractivity contribution in [3.05, 3.63) is 0 Å². The van der Waals surface area contributed by atoms with Gasteiger partial charge in [-0.3, -0.25) is 38.4 Å². The van der Waals surface area contributed by atoms with Crippen molar-refractivity contribution in [1.29, 1.82) is 0 Å². The number of aliphatic carboxylic acids is 2. The first-order valence-electron chi connectivity index (χ1n) is 22.2.